The van der Waals surface area contributed by atoms with Gasteiger partial charge in [-0.3, -0.25) is 9.69 Å². The van der Waals surface area contributed by atoms with Crippen molar-refractivity contribution < 1.29 is 4.79 Å². The Balaban J connectivity index is 1.42. The molecule has 0 aromatic heterocycles. The van der Waals surface area contributed by atoms with Gasteiger partial charge in [0.05, 0.1) is 0 Å². The van der Waals surface area contributed by atoms with E-state index in [-0.39, 0.29) is 0 Å². The first-order chi connectivity index (χ1) is 10.3. The lowest BCUT2D eigenvalue weighted by Crippen LogP contribution is -2.37. The number of rotatable bonds is 4. The summed E-state index contributed by atoms with van der Waals surface area (Å²) in [4.78, 5) is 17.2. The van der Waals surface area contributed by atoms with Crippen LogP contribution in [0.3, 0.4) is 0 Å². The molecule has 1 amide bonds. The zero-order valence-electron chi connectivity index (χ0n) is 13.3. The van der Waals surface area contributed by atoms with Gasteiger partial charge in [0.2, 0.25) is 5.91 Å². The summed E-state index contributed by atoms with van der Waals surface area (Å²) in [5.41, 5.74) is 5.74. The Morgan fingerprint density at radius 3 is 2.29 bits per heavy atom. The standard InChI is InChI=1S/C17H31N3O/c18-12-15-5-3-14(4-6-15)11-17(21)20-10-7-16(13-20)19-8-1-2-9-19/h14-16H,1-13,18H2. The first-order valence-corrected chi connectivity index (χ1v) is 8.98. The van der Waals surface area contributed by atoms with Crippen LogP contribution in [-0.2, 0) is 4.79 Å². The van der Waals surface area contributed by atoms with Crippen LogP contribution < -0.4 is 5.73 Å². The molecule has 4 nitrogen and oxygen atoms in total. The Bertz CT molecular complexity index is 346. The van der Waals surface area contributed by atoms with Crippen LogP contribution in [-0.4, -0.2) is 54.5 Å². The minimum Gasteiger partial charge on any atom is -0.341 e. The van der Waals surface area contributed by atoms with Gasteiger partial charge in [-0.1, -0.05) is 0 Å². The lowest BCUT2D eigenvalue weighted by Gasteiger charge is -2.29. The molecule has 0 aromatic rings. The first kappa shape index (κ1) is 15.3. The summed E-state index contributed by atoms with van der Waals surface area (Å²) in [6.45, 7) is 5.28. The van der Waals surface area contributed by atoms with E-state index in [1.165, 1.54) is 58.0 Å². The third-order valence-electron chi connectivity index (χ3n) is 5.94. The predicted octanol–water partition coefficient (Wildman–Crippen LogP) is 1.84. The van der Waals surface area contributed by atoms with Crippen molar-refractivity contribution in [1.29, 1.82) is 0 Å². The topological polar surface area (TPSA) is 49.6 Å². The largest absolute Gasteiger partial charge is 0.341 e. The fraction of sp³-hybridized carbons (Fsp3) is 0.941. The van der Waals surface area contributed by atoms with E-state index in [1.54, 1.807) is 0 Å². The molecule has 1 aliphatic carbocycles. The predicted molar refractivity (Wildman–Crippen MR) is 84.9 cm³/mol. The highest BCUT2D eigenvalue weighted by Crippen LogP contribution is 2.31. The SMILES string of the molecule is NCC1CCC(CC(=O)N2CCC(N3CCCC3)C2)CC1. The summed E-state index contributed by atoms with van der Waals surface area (Å²) >= 11 is 0. The number of nitrogens with zero attached hydrogens (tertiary/aromatic N) is 2. The van der Waals surface area contributed by atoms with E-state index in [1.807, 2.05) is 0 Å². The molecular formula is C17H31N3O. The van der Waals surface area contributed by atoms with Crippen molar-refractivity contribution >= 4 is 5.91 Å². The highest BCUT2D eigenvalue weighted by atomic mass is 16.2. The lowest BCUT2D eigenvalue weighted by atomic mass is 9.80. The Kier molecular flexibility index (Phi) is 5.17. The van der Waals surface area contributed by atoms with Gasteiger partial charge in [-0.05, 0) is 76.4 Å². The Hall–Kier alpha value is -0.610. The number of carbonyl (C=O) groups is 1. The highest BCUT2D eigenvalue weighted by Gasteiger charge is 2.32. The van der Waals surface area contributed by atoms with Crippen LogP contribution >= 0.6 is 0 Å². The van der Waals surface area contributed by atoms with E-state index in [2.05, 4.69) is 9.80 Å². The molecule has 1 unspecified atom stereocenters. The van der Waals surface area contributed by atoms with Crippen molar-refractivity contribution in [2.24, 2.45) is 17.6 Å². The molecule has 2 heterocycles. The van der Waals surface area contributed by atoms with E-state index in [4.69, 9.17) is 5.73 Å². The molecule has 2 aliphatic heterocycles. The van der Waals surface area contributed by atoms with Crippen LogP contribution in [0.1, 0.15) is 51.4 Å². The van der Waals surface area contributed by atoms with Crippen molar-refractivity contribution in [3.8, 4) is 0 Å². The second kappa shape index (κ2) is 7.10. The molecule has 0 spiro atoms. The fourth-order valence-corrected chi connectivity index (χ4v) is 4.42. The highest BCUT2D eigenvalue weighted by molar-refractivity contribution is 5.76. The molecule has 0 bridgehead atoms. The number of likely N-dealkylation sites (tertiary alicyclic amines) is 2. The maximum absolute atomic E-state index is 12.5. The average Bonchev–Trinajstić information content (AvgIpc) is 3.19. The van der Waals surface area contributed by atoms with Gasteiger partial charge in [0.25, 0.3) is 0 Å². The van der Waals surface area contributed by atoms with Crippen LogP contribution in [0.5, 0.6) is 0 Å². The molecule has 3 fully saturated rings. The van der Waals surface area contributed by atoms with Crippen molar-refractivity contribution in [2.45, 2.75) is 57.4 Å². The minimum absolute atomic E-state index is 0.410. The molecular weight excluding hydrogens is 262 g/mol. The summed E-state index contributed by atoms with van der Waals surface area (Å²) < 4.78 is 0. The van der Waals surface area contributed by atoms with Gasteiger partial charge in [0, 0.05) is 25.6 Å². The Morgan fingerprint density at radius 2 is 1.62 bits per heavy atom. The molecule has 120 valence electrons. The van der Waals surface area contributed by atoms with E-state index in [0.717, 1.165) is 26.1 Å². The molecule has 1 saturated carbocycles. The van der Waals surface area contributed by atoms with Gasteiger partial charge < -0.3 is 10.6 Å². The second-order valence-electron chi connectivity index (χ2n) is 7.35. The third kappa shape index (κ3) is 3.78. The summed E-state index contributed by atoms with van der Waals surface area (Å²) in [6, 6.07) is 0.643. The zero-order chi connectivity index (χ0) is 14.7. The van der Waals surface area contributed by atoms with Crippen molar-refractivity contribution in [3.05, 3.63) is 0 Å². The molecule has 0 aromatic carbocycles. The number of amides is 1. The van der Waals surface area contributed by atoms with Gasteiger partial charge in [-0.2, -0.15) is 0 Å². The molecule has 1 atom stereocenters. The summed E-state index contributed by atoms with van der Waals surface area (Å²) in [5.74, 6) is 1.74. The maximum Gasteiger partial charge on any atom is 0.222 e. The van der Waals surface area contributed by atoms with Crippen molar-refractivity contribution in [3.63, 3.8) is 0 Å². The molecule has 3 rings (SSSR count). The van der Waals surface area contributed by atoms with Gasteiger partial charge in [-0.25, -0.2) is 0 Å². The lowest BCUT2D eigenvalue weighted by molar-refractivity contribution is -0.131. The van der Waals surface area contributed by atoms with E-state index < -0.39 is 0 Å². The van der Waals surface area contributed by atoms with Crippen LogP contribution in [0.25, 0.3) is 0 Å². The quantitative estimate of drug-likeness (QED) is 0.860. The molecule has 2 N–H and O–H groups in total. The molecule has 3 aliphatic rings. The Morgan fingerprint density at radius 1 is 0.952 bits per heavy atom. The Labute approximate surface area is 129 Å². The van der Waals surface area contributed by atoms with Crippen molar-refractivity contribution in [2.75, 3.05) is 32.7 Å². The number of hydrogen-bond donors (Lipinski definition) is 1. The molecule has 2 saturated heterocycles. The molecule has 0 radical (unpaired) electrons. The number of nitrogens with two attached hydrogens (primary N) is 1. The van der Waals surface area contributed by atoms with Crippen LogP contribution in [0, 0.1) is 11.8 Å². The van der Waals surface area contributed by atoms with E-state index in [0.29, 0.717) is 23.8 Å². The molecule has 4 heteroatoms. The zero-order valence-corrected chi connectivity index (χ0v) is 13.3. The van der Waals surface area contributed by atoms with Gasteiger partial charge in [-0.15, -0.1) is 0 Å². The first-order valence-electron chi connectivity index (χ1n) is 8.98. The van der Waals surface area contributed by atoms with Gasteiger partial charge >= 0.3 is 0 Å². The molecule has 21 heavy (non-hydrogen) atoms. The van der Waals surface area contributed by atoms with E-state index in [9.17, 15) is 4.79 Å². The number of carbonyl (C=O) groups excluding carboxylic acids is 1. The number of hydrogen-bond acceptors (Lipinski definition) is 3. The summed E-state index contributed by atoms with van der Waals surface area (Å²) in [6.07, 6.45) is 9.52. The van der Waals surface area contributed by atoms with Gasteiger partial charge in [0.15, 0.2) is 0 Å². The maximum atomic E-state index is 12.5. The summed E-state index contributed by atoms with van der Waals surface area (Å²) in [5, 5.41) is 0. The monoisotopic (exact) mass is 293 g/mol. The summed E-state index contributed by atoms with van der Waals surface area (Å²) in [7, 11) is 0. The third-order valence-corrected chi connectivity index (χ3v) is 5.94. The van der Waals surface area contributed by atoms with E-state index >= 15 is 0 Å². The second-order valence-corrected chi connectivity index (χ2v) is 7.35. The average molecular weight is 293 g/mol. The van der Waals surface area contributed by atoms with Gasteiger partial charge in [0.1, 0.15) is 0 Å². The smallest absolute Gasteiger partial charge is 0.222 e. The minimum atomic E-state index is 0.410. The van der Waals surface area contributed by atoms with Crippen LogP contribution in [0.4, 0.5) is 0 Å². The van der Waals surface area contributed by atoms with Crippen molar-refractivity contribution in [1.82, 2.24) is 9.80 Å². The normalized spacial score (nSPS) is 34.5. The fourth-order valence-electron chi connectivity index (χ4n) is 4.42. The van der Waals surface area contributed by atoms with Crippen LogP contribution in [0.2, 0.25) is 0 Å². The van der Waals surface area contributed by atoms with Crippen LogP contribution in [0.15, 0.2) is 0 Å².